The number of benzene rings is 2. The number of nitrogens with zero attached hydrogens (tertiary/aromatic N) is 6. The monoisotopic (exact) mass is 495 g/mol. The smallest absolute Gasteiger partial charge is 0.192 e. The summed E-state index contributed by atoms with van der Waals surface area (Å²) in [5.74, 6) is 0.533. The summed E-state index contributed by atoms with van der Waals surface area (Å²) in [6, 6.07) is 12.4. The fourth-order valence-corrected chi connectivity index (χ4v) is 5.37. The molecule has 34 heavy (non-hydrogen) atoms. The van der Waals surface area contributed by atoms with Crippen molar-refractivity contribution in [2.45, 2.75) is 13.5 Å². The molecule has 3 heterocycles. The Kier molecular flexibility index (Phi) is 6.13. The molecule has 1 aliphatic rings. The van der Waals surface area contributed by atoms with Gasteiger partial charge in [0.2, 0.25) is 0 Å². The third kappa shape index (κ3) is 3.98. The van der Waals surface area contributed by atoms with E-state index in [4.69, 9.17) is 21.7 Å². The second-order valence-electron chi connectivity index (χ2n) is 8.05. The van der Waals surface area contributed by atoms with Crippen LogP contribution < -0.4 is 15.1 Å². The predicted octanol–water partition coefficient (Wildman–Crippen LogP) is 5.02. The van der Waals surface area contributed by atoms with Gasteiger partial charge in [-0.3, -0.25) is 0 Å². The maximum atomic E-state index is 13.4. The first-order valence-corrected chi connectivity index (χ1v) is 12.3. The number of hydrogen-bond donors (Lipinski definition) is 1. The van der Waals surface area contributed by atoms with E-state index in [9.17, 15) is 9.65 Å². The second-order valence-corrected chi connectivity index (χ2v) is 9.44. The normalized spacial score (nSPS) is 13.9. The maximum Gasteiger partial charge on any atom is 0.192 e. The van der Waals surface area contributed by atoms with Crippen LogP contribution in [0.3, 0.4) is 0 Å². The minimum atomic E-state index is -0.328. The van der Waals surface area contributed by atoms with Crippen LogP contribution in [0.1, 0.15) is 11.8 Å². The van der Waals surface area contributed by atoms with Crippen molar-refractivity contribution in [2.24, 2.45) is 0 Å². The third-order valence-corrected chi connectivity index (χ3v) is 7.30. The fourth-order valence-electron chi connectivity index (χ4n) is 4.27. The van der Waals surface area contributed by atoms with Crippen molar-refractivity contribution in [2.75, 3.05) is 43.0 Å². The number of nitrogens with one attached hydrogen (secondary N) is 1. The Labute approximate surface area is 206 Å². The molecular weight excluding hydrogens is 473 g/mol. The Morgan fingerprint density at radius 2 is 1.97 bits per heavy atom. The van der Waals surface area contributed by atoms with Gasteiger partial charge in [-0.25, -0.2) is 14.1 Å². The van der Waals surface area contributed by atoms with E-state index in [0.29, 0.717) is 32.8 Å². The molecule has 1 aliphatic heterocycles. The molecular formula is C24H23ClFN7S. The highest BCUT2D eigenvalue weighted by atomic mass is 35.5. The van der Waals surface area contributed by atoms with Crippen LogP contribution in [0.5, 0.6) is 0 Å². The van der Waals surface area contributed by atoms with E-state index in [-0.39, 0.29) is 5.82 Å². The summed E-state index contributed by atoms with van der Waals surface area (Å²) < 4.78 is 15.3. The molecule has 1 fully saturated rings. The third-order valence-electron chi connectivity index (χ3n) is 5.98. The number of anilines is 3. The first kappa shape index (κ1) is 22.6. The van der Waals surface area contributed by atoms with Gasteiger partial charge in [0.25, 0.3) is 0 Å². The average molecular weight is 496 g/mol. The number of piperazine rings is 1. The van der Waals surface area contributed by atoms with Gasteiger partial charge in [0, 0.05) is 56.4 Å². The molecule has 0 aliphatic carbocycles. The highest BCUT2D eigenvalue weighted by molar-refractivity contribution is 7.16. The molecule has 2 aromatic heterocycles. The molecule has 5 rings (SSSR count). The molecule has 10 heteroatoms. The number of aromatic nitrogens is 3. The molecule has 0 unspecified atom stereocenters. The van der Waals surface area contributed by atoms with Crippen LogP contribution in [0.15, 0.2) is 36.4 Å². The van der Waals surface area contributed by atoms with Crippen LogP contribution in [0.4, 0.5) is 21.0 Å². The standard InChI is InChI=1S/C24H23ClFN7S/c1-3-33-23(18-12-17(13-19(25)22(18)30-33)32-10-8-28-9-11-32)31(2)24-29-21(20(14-27)34-24)15-4-6-16(26)7-5-15/h4-7,12-13,28H,3,8-11H2,1-2H3. The lowest BCUT2D eigenvalue weighted by Crippen LogP contribution is -2.43. The predicted molar refractivity (Wildman–Crippen MR) is 136 cm³/mol. The summed E-state index contributed by atoms with van der Waals surface area (Å²) in [6.45, 7) is 6.36. The van der Waals surface area contributed by atoms with Crippen molar-refractivity contribution in [1.29, 1.82) is 5.26 Å². The second kappa shape index (κ2) is 9.22. The summed E-state index contributed by atoms with van der Waals surface area (Å²) in [5.41, 5.74) is 3.04. The van der Waals surface area contributed by atoms with Crippen molar-refractivity contribution < 1.29 is 4.39 Å². The van der Waals surface area contributed by atoms with E-state index in [1.54, 1.807) is 12.1 Å². The van der Waals surface area contributed by atoms with Crippen molar-refractivity contribution in [3.63, 3.8) is 0 Å². The van der Waals surface area contributed by atoms with Gasteiger partial charge in [-0.2, -0.15) is 10.4 Å². The van der Waals surface area contributed by atoms with E-state index in [1.165, 1.54) is 23.5 Å². The molecule has 0 radical (unpaired) electrons. The van der Waals surface area contributed by atoms with Crippen LogP contribution in [0.25, 0.3) is 22.2 Å². The quantitative estimate of drug-likeness (QED) is 0.419. The number of aryl methyl sites for hydroxylation is 1. The molecule has 0 amide bonds. The minimum Gasteiger partial charge on any atom is -0.369 e. The summed E-state index contributed by atoms with van der Waals surface area (Å²) in [6.07, 6.45) is 0. The first-order chi connectivity index (χ1) is 16.5. The average Bonchev–Trinajstić information content (AvgIpc) is 3.46. The number of halogens is 2. The summed E-state index contributed by atoms with van der Waals surface area (Å²) >= 11 is 7.99. The number of thiazole rings is 1. The molecule has 174 valence electrons. The highest BCUT2D eigenvalue weighted by Gasteiger charge is 2.24. The van der Waals surface area contributed by atoms with Gasteiger partial charge in [0.1, 0.15) is 33.8 Å². The molecule has 0 saturated carbocycles. The summed E-state index contributed by atoms with van der Waals surface area (Å²) in [7, 11) is 1.92. The van der Waals surface area contributed by atoms with Gasteiger partial charge >= 0.3 is 0 Å². The zero-order valence-electron chi connectivity index (χ0n) is 18.8. The van der Waals surface area contributed by atoms with Crippen LogP contribution in [0.2, 0.25) is 5.02 Å². The molecule has 4 aromatic rings. The van der Waals surface area contributed by atoms with Gasteiger partial charge < -0.3 is 15.1 Å². The maximum absolute atomic E-state index is 13.4. The number of hydrogen-bond acceptors (Lipinski definition) is 7. The van der Waals surface area contributed by atoms with Gasteiger partial charge in [-0.1, -0.05) is 22.9 Å². The summed E-state index contributed by atoms with van der Waals surface area (Å²) in [5, 5.41) is 20.1. The molecule has 0 atom stereocenters. The SMILES string of the molecule is CCn1nc2c(Cl)cc(N3CCNCC3)cc2c1N(C)c1nc(-c2ccc(F)cc2)c(C#N)s1. The van der Waals surface area contributed by atoms with Gasteiger partial charge in [0.05, 0.1) is 5.02 Å². The Morgan fingerprint density at radius 1 is 1.24 bits per heavy atom. The number of fused-ring (bicyclic) bond motifs is 1. The largest absolute Gasteiger partial charge is 0.369 e. The van der Waals surface area contributed by atoms with Crippen LogP contribution in [-0.4, -0.2) is 48.0 Å². The zero-order chi connectivity index (χ0) is 23.8. The molecule has 0 spiro atoms. The Balaban J connectivity index is 1.61. The van der Waals surface area contributed by atoms with E-state index >= 15 is 0 Å². The van der Waals surface area contributed by atoms with Gasteiger partial charge in [-0.15, -0.1) is 0 Å². The molecule has 1 saturated heterocycles. The molecule has 2 aromatic carbocycles. The lowest BCUT2D eigenvalue weighted by Gasteiger charge is -2.29. The fraction of sp³-hybridized carbons (Fsp3) is 0.292. The highest BCUT2D eigenvalue weighted by Crippen LogP contribution is 2.40. The van der Waals surface area contributed by atoms with E-state index in [0.717, 1.165) is 48.6 Å². The van der Waals surface area contributed by atoms with Crippen molar-refractivity contribution in [3.05, 3.63) is 52.1 Å². The van der Waals surface area contributed by atoms with Gasteiger partial charge in [0.15, 0.2) is 5.13 Å². The molecule has 1 N–H and O–H groups in total. The van der Waals surface area contributed by atoms with Crippen molar-refractivity contribution in [3.8, 4) is 17.3 Å². The van der Waals surface area contributed by atoms with Crippen molar-refractivity contribution in [1.82, 2.24) is 20.1 Å². The van der Waals surface area contributed by atoms with Crippen LogP contribution >= 0.6 is 22.9 Å². The number of nitriles is 1. The Morgan fingerprint density at radius 3 is 2.65 bits per heavy atom. The Bertz CT molecular complexity index is 1380. The van der Waals surface area contributed by atoms with E-state index in [2.05, 4.69) is 22.4 Å². The topological polar surface area (TPSA) is 73.0 Å². The van der Waals surface area contributed by atoms with Crippen molar-refractivity contribution >= 4 is 50.5 Å². The molecule has 7 nitrogen and oxygen atoms in total. The first-order valence-electron chi connectivity index (χ1n) is 11.1. The molecule has 0 bridgehead atoms. The lowest BCUT2D eigenvalue weighted by molar-refractivity contribution is 0.589. The van der Waals surface area contributed by atoms with Gasteiger partial charge in [-0.05, 0) is 43.3 Å². The van der Waals surface area contributed by atoms with E-state index < -0.39 is 0 Å². The van der Waals surface area contributed by atoms with Crippen LogP contribution in [-0.2, 0) is 6.54 Å². The zero-order valence-corrected chi connectivity index (χ0v) is 20.4. The minimum absolute atomic E-state index is 0.328. The Hall–Kier alpha value is -3.19. The number of rotatable bonds is 5. The summed E-state index contributed by atoms with van der Waals surface area (Å²) in [4.78, 5) is 9.50. The lowest BCUT2D eigenvalue weighted by atomic mass is 10.1. The van der Waals surface area contributed by atoms with E-state index in [1.807, 2.05) is 29.6 Å². The van der Waals surface area contributed by atoms with Crippen LogP contribution in [0, 0.1) is 17.1 Å².